The third kappa shape index (κ3) is 3.23. The van der Waals surface area contributed by atoms with Gasteiger partial charge in [0.1, 0.15) is 0 Å². The molecule has 0 amide bonds. The molecule has 0 aliphatic heterocycles. The molecule has 1 unspecified atom stereocenters. The Hall–Kier alpha value is -2.18. The lowest BCUT2D eigenvalue weighted by atomic mass is 10.1. The van der Waals surface area contributed by atoms with Crippen LogP contribution in [0.3, 0.4) is 0 Å². The zero-order chi connectivity index (χ0) is 14.7. The highest BCUT2D eigenvalue weighted by molar-refractivity contribution is 6.32. The number of halogens is 1. The van der Waals surface area contributed by atoms with Crippen LogP contribution >= 0.6 is 11.6 Å². The topological polar surface area (TPSA) is 91.3 Å². The maximum Gasteiger partial charge on any atom is 0.273 e. The number of hydrogen-bond acceptors (Lipinski definition) is 5. The molecule has 1 heterocycles. The molecule has 6 nitrogen and oxygen atoms in total. The first-order valence-electron chi connectivity index (χ1n) is 5.80. The number of benzene rings is 1. The number of aromatic nitrogens is 1. The minimum absolute atomic E-state index is 0.104. The number of nitrogens with two attached hydrogens (primary N) is 1. The van der Waals surface area contributed by atoms with E-state index in [2.05, 4.69) is 4.98 Å². The molecule has 1 aromatic carbocycles. The molecular formula is C13H12ClN3O3. The van der Waals surface area contributed by atoms with E-state index in [1.807, 2.05) is 6.92 Å². The van der Waals surface area contributed by atoms with Gasteiger partial charge >= 0.3 is 0 Å². The molecule has 0 aliphatic rings. The Morgan fingerprint density at radius 3 is 2.80 bits per heavy atom. The summed E-state index contributed by atoms with van der Waals surface area (Å²) in [5.74, 6) is 0.456. The molecule has 0 bridgehead atoms. The summed E-state index contributed by atoms with van der Waals surface area (Å²) in [4.78, 5) is 14.2. The average molecular weight is 294 g/mol. The minimum Gasteiger partial charge on any atom is -0.437 e. The number of hydrogen-bond donors (Lipinski definition) is 1. The number of non-ortho nitro benzene ring substituents is 1. The van der Waals surface area contributed by atoms with E-state index in [0.717, 1.165) is 5.56 Å². The Balaban J connectivity index is 2.32. The van der Waals surface area contributed by atoms with Crippen LogP contribution in [0.15, 0.2) is 36.5 Å². The molecule has 20 heavy (non-hydrogen) atoms. The Morgan fingerprint density at radius 1 is 1.40 bits per heavy atom. The van der Waals surface area contributed by atoms with Gasteiger partial charge in [-0.3, -0.25) is 10.1 Å². The number of pyridine rings is 1. The van der Waals surface area contributed by atoms with Gasteiger partial charge in [-0.25, -0.2) is 4.98 Å². The molecule has 0 saturated heterocycles. The number of nitrogens with zero attached hydrogens (tertiary/aromatic N) is 2. The zero-order valence-corrected chi connectivity index (χ0v) is 11.4. The lowest BCUT2D eigenvalue weighted by Crippen LogP contribution is -2.05. The fourth-order valence-electron chi connectivity index (χ4n) is 1.56. The van der Waals surface area contributed by atoms with Crippen LogP contribution in [-0.2, 0) is 0 Å². The first-order chi connectivity index (χ1) is 9.47. The number of nitro benzene ring substituents is 1. The van der Waals surface area contributed by atoms with Crippen molar-refractivity contribution < 1.29 is 9.66 Å². The fraction of sp³-hybridized carbons (Fsp3) is 0.154. The van der Waals surface area contributed by atoms with E-state index < -0.39 is 4.92 Å². The Labute approximate surface area is 120 Å². The second kappa shape index (κ2) is 5.85. The average Bonchev–Trinajstić information content (AvgIpc) is 2.41. The molecule has 104 valence electrons. The van der Waals surface area contributed by atoms with Gasteiger partial charge in [0.05, 0.1) is 16.0 Å². The second-order valence-electron chi connectivity index (χ2n) is 4.19. The van der Waals surface area contributed by atoms with Crippen LogP contribution in [-0.4, -0.2) is 9.91 Å². The molecule has 1 atom stereocenters. The van der Waals surface area contributed by atoms with Crippen molar-refractivity contribution in [3.05, 3.63) is 57.2 Å². The van der Waals surface area contributed by atoms with Crippen molar-refractivity contribution in [3.63, 3.8) is 0 Å². The SMILES string of the molecule is CC(N)c1ccnc(Oc2cc([N+](=O)[O-])ccc2Cl)c1. The van der Waals surface area contributed by atoms with Crippen LogP contribution in [0.5, 0.6) is 11.6 Å². The van der Waals surface area contributed by atoms with Gasteiger partial charge in [-0.1, -0.05) is 11.6 Å². The normalized spacial score (nSPS) is 11.9. The van der Waals surface area contributed by atoms with Crippen molar-refractivity contribution in [3.8, 4) is 11.6 Å². The number of nitro groups is 1. The summed E-state index contributed by atoms with van der Waals surface area (Å²) < 4.78 is 5.49. The van der Waals surface area contributed by atoms with Crippen LogP contribution in [0, 0.1) is 10.1 Å². The van der Waals surface area contributed by atoms with Gasteiger partial charge in [-0.2, -0.15) is 0 Å². The van der Waals surface area contributed by atoms with Crippen molar-refractivity contribution >= 4 is 17.3 Å². The predicted molar refractivity (Wildman–Crippen MR) is 75.0 cm³/mol. The van der Waals surface area contributed by atoms with E-state index in [9.17, 15) is 10.1 Å². The second-order valence-corrected chi connectivity index (χ2v) is 4.60. The van der Waals surface area contributed by atoms with E-state index in [-0.39, 0.29) is 28.4 Å². The van der Waals surface area contributed by atoms with Gasteiger partial charge in [0.15, 0.2) is 5.75 Å². The highest BCUT2D eigenvalue weighted by Crippen LogP contribution is 2.32. The Bertz CT molecular complexity index is 647. The van der Waals surface area contributed by atoms with E-state index in [1.54, 1.807) is 18.3 Å². The van der Waals surface area contributed by atoms with Gasteiger partial charge in [-0.05, 0) is 24.6 Å². The van der Waals surface area contributed by atoms with Crippen LogP contribution in [0.4, 0.5) is 5.69 Å². The first-order valence-corrected chi connectivity index (χ1v) is 6.18. The smallest absolute Gasteiger partial charge is 0.273 e. The van der Waals surface area contributed by atoms with E-state index in [4.69, 9.17) is 22.1 Å². The number of rotatable bonds is 4. The highest BCUT2D eigenvalue weighted by atomic mass is 35.5. The summed E-state index contributed by atoms with van der Waals surface area (Å²) in [7, 11) is 0. The molecule has 2 N–H and O–H groups in total. The fourth-order valence-corrected chi connectivity index (χ4v) is 1.72. The lowest BCUT2D eigenvalue weighted by Gasteiger charge is -2.09. The van der Waals surface area contributed by atoms with Crippen LogP contribution in [0.2, 0.25) is 5.02 Å². The summed E-state index contributed by atoms with van der Waals surface area (Å²) in [5.41, 5.74) is 6.51. The van der Waals surface area contributed by atoms with Crippen molar-refractivity contribution in [1.82, 2.24) is 4.98 Å². The summed E-state index contributed by atoms with van der Waals surface area (Å²) >= 11 is 5.95. The molecule has 2 aromatic rings. The molecule has 0 saturated carbocycles. The standard InChI is InChI=1S/C13H12ClN3O3/c1-8(15)9-4-5-16-13(6-9)20-12-7-10(17(18)19)2-3-11(12)14/h2-8H,15H2,1H3. The van der Waals surface area contributed by atoms with Gasteiger partial charge in [0.2, 0.25) is 5.88 Å². The van der Waals surface area contributed by atoms with Gasteiger partial charge in [0.25, 0.3) is 5.69 Å². The van der Waals surface area contributed by atoms with E-state index in [1.165, 1.54) is 18.2 Å². The third-order valence-corrected chi connectivity index (χ3v) is 2.94. The molecule has 1 aromatic heterocycles. The molecule has 0 fully saturated rings. The molecule has 0 radical (unpaired) electrons. The Morgan fingerprint density at radius 2 is 2.15 bits per heavy atom. The monoisotopic (exact) mass is 293 g/mol. The first kappa shape index (κ1) is 14.2. The maximum absolute atomic E-state index is 10.7. The predicted octanol–water partition coefficient (Wildman–Crippen LogP) is 3.46. The lowest BCUT2D eigenvalue weighted by molar-refractivity contribution is -0.384. The van der Waals surface area contributed by atoms with E-state index in [0.29, 0.717) is 0 Å². The summed E-state index contributed by atoms with van der Waals surface area (Å²) in [6.07, 6.45) is 1.55. The van der Waals surface area contributed by atoms with Crippen molar-refractivity contribution in [2.45, 2.75) is 13.0 Å². The van der Waals surface area contributed by atoms with Crippen molar-refractivity contribution in [2.24, 2.45) is 5.73 Å². The minimum atomic E-state index is -0.519. The molecule has 7 heteroatoms. The largest absolute Gasteiger partial charge is 0.437 e. The quantitative estimate of drug-likeness (QED) is 0.688. The summed E-state index contributed by atoms with van der Waals surface area (Å²) in [5, 5.41) is 11.0. The van der Waals surface area contributed by atoms with Gasteiger partial charge in [-0.15, -0.1) is 0 Å². The Kier molecular flexibility index (Phi) is 4.16. The van der Waals surface area contributed by atoms with Gasteiger partial charge in [0, 0.05) is 24.4 Å². The maximum atomic E-state index is 10.7. The van der Waals surface area contributed by atoms with Crippen LogP contribution < -0.4 is 10.5 Å². The number of ether oxygens (including phenoxy) is 1. The van der Waals surface area contributed by atoms with Crippen LogP contribution in [0.25, 0.3) is 0 Å². The molecule has 0 aliphatic carbocycles. The van der Waals surface area contributed by atoms with E-state index >= 15 is 0 Å². The third-order valence-electron chi connectivity index (χ3n) is 2.62. The van der Waals surface area contributed by atoms with Crippen LogP contribution in [0.1, 0.15) is 18.5 Å². The van der Waals surface area contributed by atoms with Crippen molar-refractivity contribution in [2.75, 3.05) is 0 Å². The molecule has 2 rings (SSSR count). The molecular weight excluding hydrogens is 282 g/mol. The van der Waals surface area contributed by atoms with Gasteiger partial charge < -0.3 is 10.5 Å². The summed E-state index contributed by atoms with van der Waals surface area (Å²) in [6, 6.07) is 7.24. The van der Waals surface area contributed by atoms with Crippen molar-refractivity contribution in [1.29, 1.82) is 0 Å². The summed E-state index contributed by atoms with van der Waals surface area (Å²) in [6.45, 7) is 1.83. The highest BCUT2D eigenvalue weighted by Gasteiger charge is 2.12. The molecule has 0 spiro atoms. The zero-order valence-electron chi connectivity index (χ0n) is 10.6.